The van der Waals surface area contributed by atoms with Crippen molar-refractivity contribution in [3.63, 3.8) is 0 Å². The van der Waals surface area contributed by atoms with Gasteiger partial charge < -0.3 is 4.90 Å². The molecule has 0 radical (unpaired) electrons. The molecule has 134 valence electrons. The second kappa shape index (κ2) is 6.24. The van der Waals surface area contributed by atoms with Gasteiger partial charge in [0.1, 0.15) is 0 Å². The monoisotopic (exact) mass is 373 g/mol. The van der Waals surface area contributed by atoms with Crippen LogP contribution in [0.2, 0.25) is 5.02 Å². The number of carbonyl (C=O) groups is 1. The Labute approximate surface area is 164 Å². The third kappa shape index (κ3) is 2.51. The van der Waals surface area contributed by atoms with Crippen molar-refractivity contribution in [3.8, 4) is 0 Å². The van der Waals surface area contributed by atoms with Crippen LogP contribution >= 0.6 is 11.6 Å². The first-order valence-electron chi connectivity index (χ1n) is 9.39. The lowest BCUT2D eigenvalue weighted by molar-refractivity contribution is -0.117. The van der Waals surface area contributed by atoms with E-state index in [1.165, 1.54) is 16.3 Å². The Balaban J connectivity index is 1.78. The standard InChI is InChI=1S/C24H20ClNO/c1-15(27)26-23-13-12-17(25)14-22(23)19-9-5-11-21(19)24(26)20-10-4-7-16-6-2-3-8-18(16)20/h2-10,12-14,19,21,24H,11H2,1H3/t19-,21-,24+/m0/s1. The largest absolute Gasteiger partial charge is 0.305 e. The van der Waals surface area contributed by atoms with Crippen LogP contribution in [-0.2, 0) is 4.79 Å². The summed E-state index contributed by atoms with van der Waals surface area (Å²) >= 11 is 6.30. The van der Waals surface area contributed by atoms with Gasteiger partial charge in [-0.25, -0.2) is 0 Å². The summed E-state index contributed by atoms with van der Waals surface area (Å²) in [4.78, 5) is 14.8. The molecule has 0 fully saturated rings. The maximum Gasteiger partial charge on any atom is 0.224 e. The van der Waals surface area contributed by atoms with Gasteiger partial charge in [-0.15, -0.1) is 0 Å². The third-order valence-corrected chi connectivity index (χ3v) is 6.22. The molecule has 2 aliphatic rings. The number of benzene rings is 3. The van der Waals surface area contributed by atoms with E-state index in [0.717, 1.165) is 22.7 Å². The summed E-state index contributed by atoms with van der Waals surface area (Å²) in [5, 5.41) is 3.15. The van der Waals surface area contributed by atoms with E-state index >= 15 is 0 Å². The molecule has 27 heavy (non-hydrogen) atoms. The van der Waals surface area contributed by atoms with Crippen molar-refractivity contribution in [1.29, 1.82) is 0 Å². The number of anilines is 1. The summed E-state index contributed by atoms with van der Waals surface area (Å²) in [5.41, 5.74) is 3.37. The van der Waals surface area contributed by atoms with E-state index in [9.17, 15) is 4.79 Å². The fourth-order valence-electron chi connectivity index (χ4n) is 4.93. The number of amides is 1. The number of hydrogen-bond acceptors (Lipinski definition) is 1. The molecule has 3 heteroatoms. The van der Waals surface area contributed by atoms with Gasteiger partial charge in [-0.2, -0.15) is 0 Å². The molecule has 0 saturated carbocycles. The Morgan fingerprint density at radius 3 is 2.70 bits per heavy atom. The van der Waals surface area contributed by atoms with Crippen molar-refractivity contribution in [1.82, 2.24) is 0 Å². The lowest BCUT2D eigenvalue weighted by atomic mass is 9.75. The summed E-state index contributed by atoms with van der Waals surface area (Å²) < 4.78 is 0. The van der Waals surface area contributed by atoms with Gasteiger partial charge in [-0.3, -0.25) is 4.79 Å². The first-order chi connectivity index (χ1) is 13.1. The van der Waals surface area contributed by atoms with Crippen LogP contribution in [0.1, 0.15) is 36.4 Å². The minimum Gasteiger partial charge on any atom is -0.305 e. The summed E-state index contributed by atoms with van der Waals surface area (Å²) in [7, 11) is 0. The highest BCUT2D eigenvalue weighted by Crippen LogP contribution is 2.54. The zero-order valence-corrected chi connectivity index (χ0v) is 15.9. The maximum absolute atomic E-state index is 12.8. The number of halogens is 1. The van der Waals surface area contributed by atoms with Gasteiger partial charge in [0.2, 0.25) is 5.91 Å². The number of rotatable bonds is 1. The van der Waals surface area contributed by atoms with Gasteiger partial charge in [-0.1, -0.05) is 66.2 Å². The summed E-state index contributed by atoms with van der Waals surface area (Å²) in [6.07, 6.45) is 5.51. The minimum absolute atomic E-state index is 0.0160. The van der Waals surface area contributed by atoms with Gasteiger partial charge in [0.15, 0.2) is 0 Å². The van der Waals surface area contributed by atoms with E-state index in [1.54, 1.807) is 6.92 Å². The Hall–Kier alpha value is -2.58. The van der Waals surface area contributed by atoms with E-state index < -0.39 is 0 Å². The zero-order chi connectivity index (χ0) is 18.5. The molecule has 0 N–H and O–H groups in total. The first-order valence-corrected chi connectivity index (χ1v) is 9.76. The molecule has 0 saturated heterocycles. The fourth-order valence-corrected chi connectivity index (χ4v) is 5.11. The molecule has 1 amide bonds. The van der Waals surface area contributed by atoms with Crippen molar-refractivity contribution >= 4 is 34.0 Å². The molecule has 0 bridgehead atoms. The summed E-state index contributed by atoms with van der Waals surface area (Å²) in [5.74, 6) is 0.686. The summed E-state index contributed by atoms with van der Waals surface area (Å²) in [6.45, 7) is 1.67. The second-order valence-corrected chi connectivity index (χ2v) is 7.90. The predicted octanol–water partition coefficient (Wildman–Crippen LogP) is 6.26. The maximum atomic E-state index is 12.8. The lowest BCUT2D eigenvalue weighted by Gasteiger charge is -2.44. The van der Waals surface area contributed by atoms with Crippen molar-refractivity contribution in [2.24, 2.45) is 5.92 Å². The van der Waals surface area contributed by atoms with Gasteiger partial charge in [0, 0.05) is 23.6 Å². The topological polar surface area (TPSA) is 20.3 Å². The average Bonchev–Trinajstić information content (AvgIpc) is 3.16. The van der Waals surface area contributed by atoms with Gasteiger partial charge in [0.05, 0.1) is 6.04 Å². The van der Waals surface area contributed by atoms with Gasteiger partial charge in [0.25, 0.3) is 0 Å². The lowest BCUT2D eigenvalue weighted by Crippen LogP contribution is -2.42. The quantitative estimate of drug-likeness (QED) is 0.461. The molecule has 1 heterocycles. The molecular weight excluding hydrogens is 354 g/mol. The number of fused-ring (bicyclic) bond motifs is 4. The van der Waals surface area contributed by atoms with Crippen LogP contribution in [-0.4, -0.2) is 5.91 Å². The van der Waals surface area contributed by atoms with E-state index in [-0.39, 0.29) is 11.9 Å². The Bertz CT molecular complexity index is 1080. The minimum atomic E-state index is 0.0160. The molecule has 0 aromatic heterocycles. The van der Waals surface area contributed by atoms with Crippen LogP contribution in [0.4, 0.5) is 5.69 Å². The van der Waals surface area contributed by atoms with Crippen LogP contribution in [0, 0.1) is 5.92 Å². The van der Waals surface area contributed by atoms with Crippen molar-refractivity contribution in [3.05, 3.63) is 89.0 Å². The highest BCUT2D eigenvalue weighted by molar-refractivity contribution is 6.30. The first kappa shape index (κ1) is 16.6. The SMILES string of the molecule is CC(=O)N1c2ccc(Cl)cc2[C@H]2C=CC[C@@H]2[C@H]1c1cccc2ccccc12. The van der Waals surface area contributed by atoms with Crippen LogP contribution in [0.25, 0.3) is 10.8 Å². The smallest absolute Gasteiger partial charge is 0.224 e. The zero-order valence-electron chi connectivity index (χ0n) is 15.1. The van der Waals surface area contributed by atoms with E-state index in [1.807, 2.05) is 23.1 Å². The van der Waals surface area contributed by atoms with Crippen molar-refractivity contribution in [2.45, 2.75) is 25.3 Å². The predicted molar refractivity (Wildman–Crippen MR) is 111 cm³/mol. The van der Waals surface area contributed by atoms with E-state index in [4.69, 9.17) is 11.6 Å². The normalized spacial score (nSPS) is 23.3. The van der Waals surface area contributed by atoms with Crippen LogP contribution in [0.15, 0.2) is 72.8 Å². The number of nitrogens with zero attached hydrogens (tertiary/aromatic N) is 1. The molecule has 0 unspecified atom stereocenters. The third-order valence-electron chi connectivity index (χ3n) is 5.99. The van der Waals surface area contributed by atoms with Gasteiger partial charge in [-0.05, 0) is 52.4 Å². The Morgan fingerprint density at radius 2 is 1.85 bits per heavy atom. The molecule has 3 aromatic carbocycles. The Kier molecular flexibility index (Phi) is 3.84. The number of allylic oxidation sites excluding steroid dienone is 2. The Morgan fingerprint density at radius 1 is 1.04 bits per heavy atom. The average molecular weight is 374 g/mol. The molecule has 1 aliphatic heterocycles. The molecule has 0 spiro atoms. The van der Waals surface area contributed by atoms with Crippen LogP contribution in [0.3, 0.4) is 0 Å². The van der Waals surface area contributed by atoms with Crippen molar-refractivity contribution in [2.75, 3.05) is 4.90 Å². The summed E-state index contributed by atoms with van der Waals surface area (Å²) in [6, 6.07) is 20.8. The molecule has 5 rings (SSSR count). The number of hydrogen-bond donors (Lipinski definition) is 0. The highest BCUT2D eigenvalue weighted by Gasteiger charge is 2.44. The number of carbonyl (C=O) groups excluding carboxylic acids is 1. The van der Waals surface area contributed by atoms with Crippen molar-refractivity contribution < 1.29 is 4.79 Å². The second-order valence-electron chi connectivity index (χ2n) is 7.46. The van der Waals surface area contributed by atoms with E-state index in [0.29, 0.717) is 11.8 Å². The van der Waals surface area contributed by atoms with Crippen LogP contribution in [0.5, 0.6) is 0 Å². The molecule has 1 aliphatic carbocycles. The molecule has 3 atom stereocenters. The molecular formula is C24H20ClNO. The fraction of sp³-hybridized carbons (Fsp3) is 0.208. The molecule has 2 nitrogen and oxygen atoms in total. The van der Waals surface area contributed by atoms with Crippen LogP contribution < -0.4 is 4.90 Å². The van der Waals surface area contributed by atoms with E-state index in [2.05, 4.69) is 54.6 Å². The molecule has 3 aromatic rings. The highest BCUT2D eigenvalue weighted by atomic mass is 35.5. The van der Waals surface area contributed by atoms with Gasteiger partial charge >= 0.3 is 0 Å².